The lowest BCUT2D eigenvalue weighted by Gasteiger charge is -2.26. The molecule has 1 aromatic carbocycles. The van der Waals surface area contributed by atoms with Crippen LogP contribution in [-0.4, -0.2) is 25.4 Å². The minimum Gasteiger partial charge on any atom is -0.356 e. The van der Waals surface area contributed by atoms with Gasteiger partial charge in [-0.2, -0.15) is 0 Å². The Balaban J connectivity index is 1.60. The summed E-state index contributed by atoms with van der Waals surface area (Å²) in [5.74, 6) is 0.661. The largest absolute Gasteiger partial charge is 0.356 e. The van der Waals surface area contributed by atoms with Crippen molar-refractivity contribution in [2.75, 3.05) is 18.5 Å². The van der Waals surface area contributed by atoms with Crippen LogP contribution in [0.2, 0.25) is 0 Å². The highest BCUT2D eigenvalue weighted by Gasteiger charge is 2.29. The first-order chi connectivity index (χ1) is 9.65. The molecule has 1 heterocycles. The first-order valence-corrected chi connectivity index (χ1v) is 7.31. The van der Waals surface area contributed by atoms with Crippen molar-refractivity contribution in [2.45, 2.75) is 32.1 Å². The van der Waals surface area contributed by atoms with Crippen LogP contribution in [0.15, 0.2) is 18.2 Å². The molecule has 0 atom stereocenters. The van der Waals surface area contributed by atoms with E-state index in [1.165, 1.54) is 11.1 Å². The van der Waals surface area contributed by atoms with Crippen LogP contribution in [0.25, 0.3) is 0 Å². The number of benzene rings is 1. The van der Waals surface area contributed by atoms with Gasteiger partial charge >= 0.3 is 0 Å². The number of aryl methyl sites for hydroxylation is 1. The molecule has 0 radical (unpaired) electrons. The van der Waals surface area contributed by atoms with E-state index >= 15 is 0 Å². The molecule has 3 rings (SSSR count). The van der Waals surface area contributed by atoms with Gasteiger partial charge < -0.3 is 10.2 Å². The van der Waals surface area contributed by atoms with E-state index in [0.29, 0.717) is 13.0 Å². The molecule has 1 saturated carbocycles. The van der Waals surface area contributed by atoms with Gasteiger partial charge in [0.1, 0.15) is 0 Å². The van der Waals surface area contributed by atoms with Crippen molar-refractivity contribution in [3.8, 4) is 0 Å². The maximum Gasteiger partial charge on any atom is 0.227 e. The molecule has 2 amide bonds. The molecular weight excluding hydrogens is 252 g/mol. The summed E-state index contributed by atoms with van der Waals surface area (Å²) in [6, 6.07) is 6.24. The third kappa shape index (κ3) is 2.69. The van der Waals surface area contributed by atoms with Crippen LogP contribution in [0.3, 0.4) is 0 Å². The van der Waals surface area contributed by atoms with E-state index in [9.17, 15) is 9.59 Å². The number of fused-ring (bicyclic) bond motifs is 1. The van der Waals surface area contributed by atoms with Gasteiger partial charge in [-0.1, -0.05) is 12.1 Å². The molecule has 0 spiro atoms. The molecule has 20 heavy (non-hydrogen) atoms. The van der Waals surface area contributed by atoms with E-state index in [2.05, 4.69) is 17.4 Å². The molecule has 0 bridgehead atoms. The first-order valence-electron chi connectivity index (χ1n) is 7.31. The highest BCUT2D eigenvalue weighted by atomic mass is 16.2. The normalized spacial score (nSPS) is 17.9. The van der Waals surface area contributed by atoms with Crippen molar-refractivity contribution >= 4 is 17.5 Å². The fourth-order valence-electron chi connectivity index (χ4n) is 2.69. The van der Waals surface area contributed by atoms with Crippen LogP contribution in [0.5, 0.6) is 0 Å². The van der Waals surface area contributed by atoms with Gasteiger partial charge in [0.15, 0.2) is 0 Å². The molecule has 2 aliphatic rings. The third-order valence-corrected chi connectivity index (χ3v) is 4.15. The number of nitrogens with zero attached hydrogens (tertiary/aromatic N) is 1. The van der Waals surface area contributed by atoms with Crippen LogP contribution in [0, 0.1) is 5.92 Å². The Morgan fingerprint density at radius 1 is 1.35 bits per heavy atom. The van der Waals surface area contributed by atoms with E-state index in [-0.39, 0.29) is 17.7 Å². The molecule has 1 aromatic rings. The quantitative estimate of drug-likeness (QED) is 0.906. The van der Waals surface area contributed by atoms with E-state index in [1.807, 2.05) is 13.1 Å². The Morgan fingerprint density at radius 2 is 2.15 bits per heavy atom. The number of carbonyl (C=O) groups is 2. The number of carbonyl (C=O) groups excluding carboxylic acids is 2. The SMILES string of the molecule is CN1C(=O)CCc2cc(CCNC(=O)C3CC3)ccc21. The number of anilines is 1. The van der Waals surface area contributed by atoms with Crippen LogP contribution >= 0.6 is 0 Å². The van der Waals surface area contributed by atoms with Crippen molar-refractivity contribution in [2.24, 2.45) is 5.92 Å². The number of hydrogen-bond donors (Lipinski definition) is 1. The van der Waals surface area contributed by atoms with Crippen molar-refractivity contribution < 1.29 is 9.59 Å². The third-order valence-electron chi connectivity index (χ3n) is 4.15. The molecule has 1 fully saturated rings. The average molecular weight is 272 g/mol. The lowest BCUT2D eigenvalue weighted by Crippen LogP contribution is -2.31. The standard InChI is InChI=1S/C16H20N2O2/c1-18-14-6-2-11(10-13(14)5-7-15(18)19)8-9-17-16(20)12-3-4-12/h2,6,10,12H,3-5,7-9H2,1H3,(H,17,20). The Bertz CT molecular complexity index is 549. The first kappa shape index (κ1) is 13.2. The van der Waals surface area contributed by atoms with Gasteiger partial charge in [-0.05, 0) is 42.9 Å². The van der Waals surface area contributed by atoms with Gasteiger partial charge in [0.2, 0.25) is 11.8 Å². The van der Waals surface area contributed by atoms with Crippen molar-refractivity contribution in [1.29, 1.82) is 0 Å². The minimum absolute atomic E-state index is 0.182. The predicted molar refractivity (Wildman–Crippen MR) is 77.6 cm³/mol. The number of hydrogen-bond acceptors (Lipinski definition) is 2. The predicted octanol–water partition coefficient (Wildman–Crippen LogP) is 1.66. The molecule has 0 unspecified atom stereocenters. The van der Waals surface area contributed by atoms with Crippen LogP contribution in [0.4, 0.5) is 5.69 Å². The molecule has 1 aliphatic carbocycles. The maximum absolute atomic E-state index is 11.6. The number of nitrogens with one attached hydrogen (secondary N) is 1. The summed E-state index contributed by atoms with van der Waals surface area (Å²) in [5.41, 5.74) is 3.48. The van der Waals surface area contributed by atoms with Crippen molar-refractivity contribution in [3.63, 3.8) is 0 Å². The second-order valence-corrected chi connectivity index (χ2v) is 5.73. The van der Waals surface area contributed by atoms with Gasteiger partial charge in [-0.3, -0.25) is 9.59 Å². The Hall–Kier alpha value is -1.84. The Kier molecular flexibility index (Phi) is 3.47. The highest BCUT2D eigenvalue weighted by Crippen LogP contribution is 2.29. The summed E-state index contributed by atoms with van der Waals surface area (Å²) in [6.45, 7) is 0.697. The minimum atomic E-state index is 0.182. The van der Waals surface area contributed by atoms with Crippen LogP contribution in [0.1, 0.15) is 30.4 Å². The topological polar surface area (TPSA) is 49.4 Å². The molecule has 4 heteroatoms. The van der Waals surface area contributed by atoms with Gasteiger partial charge in [0.05, 0.1) is 0 Å². The fourth-order valence-corrected chi connectivity index (χ4v) is 2.69. The number of amides is 2. The van der Waals surface area contributed by atoms with E-state index in [4.69, 9.17) is 0 Å². The zero-order chi connectivity index (χ0) is 14.1. The van der Waals surface area contributed by atoms with Crippen LogP contribution in [-0.2, 0) is 22.4 Å². The molecule has 1 aliphatic heterocycles. The molecule has 4 nitrogen and oxygen atoms in total. The molecule has 1 N–H and O–H groups in total. The van der Waals surface area contributed by atoms with E-state index in [0.717, 1.165) is 31.4 Å². The lowest BCUT2D eigenvalue weighted by atomic mass is 9.98. The second-order valence-electron chi connectivity index (χ2n) is 5.73. The van der Waals surface area contributed by atoms with Gasteiger partial charge in [0, 0.05) is 31.6 Å². The fraction of sp³-hybridized carbons (Fsp3) is 0.500. The van der Waals surface area contributed by atoms with Gasteiger partial charge in [0.25, 0.3) is 0 Å². The van der Waals surface area contributed by atoms with E-state index in [1.54, 1.807) is 4.90 Å². The smallest absolute Gasteiger partial charge is 0.227 e. The van der Waals surface area contributed by atoms with Gasteiger partial charge in [-0.15, -0.1) is 0 Å². The van der Waals surface area contributed by atoms with Gasteiger partial charge in [-0.25, -0.2) is 0 Å². The molecule has 0 aromatic heterocycles. The van der Waals surface area contributed by atoms with E-state index < -0.39 is 0 Å². The Morgan fingerprint density at radius 3 is 2.90 bits per heavy atom. The zero-order valence-electron chi connectivity index (χ0n) is 11.8. The zero-order valence-corrected chi connectivity index (χ0v) is 11.8. The lowest BCUT2D eigenvalue weighted by molar-refractivity contribution is -0.122. The second kappa shape index (κ2) is 5.27. The highest BCUT2D eigenvalue weighted by molar-refractivity contribution is 5.95. The Labute approximate surface area is 119 Å². The summed E-state index contributed by atoms with van der Waals surface area (Å²) < 4.78 is 0. The molecule has 0 saturated heterocycles. The molecular formula is C16H20N2O2. The van der Waals surface area contributed by atoms with Crippen LogP contribution < -0.4 is 10.2 Å². The number of rotatable bonds is 4. The monoisotopic (exact) mass is 272 g/mol. The van der Waals surface area contributed by atoms with Crippen molar-refractivity contribution in [1.82, 2.24) is 5.32 Å². The van der Waals surface area contributed by atoms with Crippen molar-refractivity contribution in [3.05, 3.63) is 29.3 Å². The summed E-state index contributed by atoms with van der Waals surface area (Å²) in [4.78, 5) is 24.9. The summed E-state index contributed by atoms with van der Waals surface area (Å²) in [5, 5.41) is 2.99. The maximum atomic E-state index is 11.6. The molecule has 106 valence electrons. The summed E-state index contributed by atoms with van der Waals surface area (Å²) in [6.07, 6.45) is 4.35. The average Bonchev–Trinajstić information content (AvgIpc) is 3.27. The summed E-state index contributed by atoms with van der Waals surface area (Å²) >= 11 is 0. The summed E-state index contributed by atoms with van der Waals surface area (Å²) in [7, 11) is 1.83.